The lowest BCUT2D eigenvalue weighted by atomic mass is 10.1. The van der Waals surface area contributed by atoms with Crippen LogP contribution in [0.15, 0.2) is 23.1 Å². The molecular formula is C19H30N2O5S. The third-order valence-electron chi connectivity index (χ3n) is 4.23. The van der Waals surface area contributed by atoms with Crippen LogP contribution in [-0.2, 0) is 14.8 Å². The topological polar surface area (TPSA) is 95.0 Å². The molecule has 0 aliphatic heterocycles. The van der Waals surface area contributed by atoms with E-state index in [4.69, 9.17) is 5.11 Å². The highest BCUT2D eigenvalue weighted by atomic mass is 32.2. The summed E-state index contributed by atoms with van der Waals surface area (Å²) < 4.78 is 27.1. The predicted molar refractivity (Wildman–Crippen MR) is 104 cm³/mol. The minimum absolute atomic E-state index is 0.0817. The molecule has 1 aromatic rings. The summed E-state index contributed by atoms with van der Waals surface area (Å²) in [4.78, 5) is 25.4. The summed E-state index contributed by atoms with van der Waals surface area (Å²) in [6.45, 7) is 10.3. The van der Waals surface area contributed by atoms with Crippen molar-refractivity contribution in [3.63, 3.8) is 0 Å². The van der Waals surface area contributed by atoms with Gasteiger partial charge >= 0.3 is 5.97 Å². The number of sulfonamides is 1. The number of rotatable bonds is 10. The number of hydrogen-bond donors (Lipinski definition) is 1. The second-order valence-corrected chi connectivity index (χ2v) is 8.76. The molecule has 0 spiro atoms. The fourth-order valence-corrected chi connectivity index (χ4v) is 4.55. The van der Waals surface area contributed by atoms with Crippen LogP contribution in [-0.4, -0.2) is 60.8 Å². The van der Waals surface area contributed by atoms with E-state index in [2.05, 4.69) is 0 Å². The van der Waals surface area contributed by atoms with E-state index < -0.39 is 16.0 Å². The predicted octanol–water partition coefficient (Wildman–Crippen LogP) is 2.60. The van der Waals surface area contributed by atoms with Gasteiger partial charge in [0.2, 0.25) is 10.0 Å². The molecule has 1 aromatic carbocycles. The van der Waals surface area contributed by atoms with E-state index in [1.165, 1.54) is 15.3 Å². The van der Waals surface area contributed by atoms with Crippen LogP contribution < -0.4 is 0 Å². The zero-order chi connectivity index (χ0) is 20.8. The fraction of sp³-hybridized carbons (Fsp3) is 0.579. The smallest absolute Gasteiger partial charge is 0.305 e. The normalized spacial score (nSPS) is 11.8. The van der Waals surface area contributed by atoms with Gasteiger partial charge in [-0.25, -0.2) is 8.42 Å². The Morgan fingerprint density at radius 1 is 1.15 bits per heavy atom. The van der Waals surface area contributed by atoms with Gasteiger partial charge in [0.1, 0.15) is 0 Å². The maximum absolute atomic E-state index is 12.9. The largest absolute Gasteiger partial charge is 0.481 e. The highest BCUT2D eigenvalue weighted by Gasteiger charge is 2.26. The van der Waals surface area contributed by atoms with Crippen LogP contribution in [0.1, 0.15) is 50.0 Å². The van der Waals surface area contributed by atoms with Crippen molar-refractivity contribution < 1.29 is 23.1 Å². The Morgan fingerprint density at radius 3 is 2.22 bits per heavy atom. The summed E-state index contributed by atoms with van der Waals surface area (Å²) in [6, 6.07) is 4.61. The lowest BCUT2D eigenvalue weighted by Gasteiger charge is -2.25. The number of aliphatic carboxylic acids is 1. The molecule has 0 saturated carbocycles. The summed E-state index contributed by atoms with van der Waals surface area (Å²) in [6.07, 6.45) is -0.158. The first-order valence-corrected chi connectivity index (χ1v) is 10.6. The number of hydrogen-bond acceptors (Lipinski definition) is 4. The Hall–Kier alpha value is -1.93. The average molecular weight is 399 g/mol. The van der Waals surface area contributed by atoms with Gasteiger partial charge in [0.15, 0.2) is 0 Å². The molecule has 0 aromatic heterocycles. The second kappa shape index (κ2) is 9.85. The Morgan fingerprint density at radius 2 is 1.74 bits per heavy atom. The Kier molecular flexibility index (Phi) is 8.43. The summed E-state index contributed by atoms with van der Waals surface area (Å²) in [5.74, 6) is -1.18. The highest BCUT2D eigenvalue weighted by Crippen LogP contribution is 2.22. The van der Waals surface area contributed by atoms with E-state index in [1.807, 2.05) is 13.8 Å². The zero-order valence-electron chi connectivity index (χ0n) is 16.7. The van der Waals surface area contributed by atoms with Crippen molar-refractivity contribution in [2.75, 3.05) is 26.2 Å². The van der Waals surface area contributed by atoms with Crippen molar-refractivity contribution in [2.45, 2.75) is 45.9 Å². The number of benzene rings is 1. The highest BCUT2D eigenvalue weighted by molar-refractivity contribution is 7.89. The standard InChI is InChI=1S/C19H30N2O5S/c1-6-21(7-2)27(25,26)17-12-16(9-8-15(17)5)19(24)20(13-14(3)4)11-10-18(22)23/h8-9,12,14H,6-7,10-11,13H2,1-5H3,(H,22,23). The van der Waals surface area contributed by atoms with Crippen molar-refractivity contribution in [1.82, 2.24) is 9.21 Å². The van der Waals surface area contributed by atoms with Crippen molar-refractivity contribution in [1.29, 1.82) is 0 Å². The minimum atomic E-state index is -3.69. The summed E-state index contributed by atoms with van der Waals surface area (Å²) >= 11 is 0. The number of carboxylic acid groups (broad SMARTS) is 1. The number of carbonyl (C=O) groups excluding carboxylic acids is 1. The van der Waals surface area contributed by atoms with E-state index in [0.717, 1.165) is 0 Å². The van der Waals surface area contributed by atoms with Crippen LogP contribution >= 0.6 is 0 Å². The first-order valence-electron chi connectivity index (χ1n) is 9.16. The maximum atomic E-state index is 12.9. The average Bonchev–Trinajstić information content (AvgIpc) is 2.58. The molecule has 0 bridgehead atoms. The van der Waals surface area contributed by atoms with Crippen LogP contribution in [0.5, 0.6) is 0 Å². The van der Waals surface area contributed by atoms with E-state index in [0.29, 0.717) is 25.2 Å². The van der Waals surface area contributed by atoms with Gasteiger partial charge in [-0.3, -0.25) is 9.59 Å². The third-order valence-corrected chi connectivity index (χ3v) is 6.42. The summed E-state index contributed by atoms with van der Waals surface area (Å²) in [7, 11) is -3.69. The molecule has 27 heavy (non-hydrogen) atoms. The van der Waals surface area contributed by atoms with Gasteiger partial charge in [0, 0.05) is 31.7 Å². The van der Waals surface area contributed by atoms with E-state index in [1.54, 1.807) is 32.9 Å². The summed E-state index contributed by atoms with van der Waals surface area (Å²) in [5.41, 5.74) is 0.816. The molecule has 0 aliphatic rings. The molecule has 8 heteroatoms. The van der Waals surface area contributed by atoms with Gasteiger partial charge in [-0.2, -0.15) is 4.31 Å². The molecule has 0 atom stereocenters. The number of nitrogens with zero attached hydrogens (tertiary/aromatic N) is 2. The van der Waals surface area contributed by atoms with E-state index >= 15 is 0 Å². The van der Waals surface area contributed by atoms with Crippen molar-refractivity contribution in [3.05, 3.63) is 29.3 Å². The van der Waals surface area contributed by atoms with Crippen molar-refractivity contribution >= 4 is 21.9 Å². The minimum Gasteiger partial charge on any atom is -0.481 e. The molecule has 0 fully saturated rings. The molecule has 0 saturated heterocycles. The van der Waals surface area contributed by atoms with Gasteiger partial charge in [0.05, 0.1) is 11.3 Å². The van der Waals surface area contributed by atoms with Gasteiger partial charge in [-0.15, -0.1) is 0 Å². The first kappa shape index (κ1) is 23.1. The molecule has 1 N–H and O–H groups in total. The quantitative estimate of drug-likeness (QED) is 0.654. The molecule has 0 heterocycles. The molecule has 0 unspecified atom stereocenters. The van der Waals surface area contributed by atoms with Gasteiger partial charge in [0.25, 0.3) is 5.91 Å². The second-order valence-electron chi connectivity index (χ2n) is 6.86. The molecule has 0 aliphatic carbocycles. The number of amides is 1. The fourth-order valence-electron chi connectivity index (χ4n) is 2.84. The molecule has 1 amide bonds. The zero-order valence-corrected chi connectivity index (χ0v) is 17.5. The lowest BCUT2D eigenvalue weighted by molar-refractivity contribution is -0.137. The maximum Gasteiger partial charge on any atom is 0.305 e. The van der Waals surface area contributed by atoms with Crippen molar-refractivity contribution in [3.8, 4) is 0 Å². The molecule has 0 radical (unpaired) electrons. The van der Waals surface area contributed by atoms with Crippen LogP contribution in [0.3, 0.4) is 0 Å². The molecule has 7 nitrogen and oxygen atoms in total. The number of aryl methyl sites for hydroxylation is 1. The molecule has 1 rings (SSSR count). The Balaban J connectivity index is 3.29. The van der Waals surface area contributed by atoms with Gasteiger partial charge in [-0.1, -0.05) is 33.8 Å². The van der Waals surface area contributed by atoms with Crippen LogP contribution in [0.25, 0.3) is 0 Å². The first-order chi connectivity index (χ1) is 12.5. The van der Waals surface area contributed by atoms with E-state index in [9.17, 15) is 18.0 Å². The van der Waals surface area contributed by atoms with Crippen LogP contribution in [0.2, 0.25) is 0 Å². The molecular weight excluding hydrogens is 368 g/mol. The summed E-state index contributed by atoms with van der Waals surface area (Å²) in [5, 5.41) is 8.93. The monoisotopic (exact) mass is 398 g/mol. The number of carboxylic acids is 1. The van der Waals surface area contributed by atoms with Gasteiger partial charge < -0.3 is 10.0 Å². The van der Waals surface area contributed by atoms with Crippen LogP contribution in [0, 0.1) is 12.8 Å². The Bertz CT molecular complexity index is 770. The van der Waals surface area contributed by atoms with Crippen molar-refractivity contribution in [2.24, 2.45) is 5.92 Å². The Labute approximate surface area is 162 Å². The SMILES string of the molecule is CCN(CC)S(=O)(=O)c1cc(C(=O)N(CCC(=O)O)CC(C)C)ccc1C. The third kappa shape index (κ3) is 6.04. The van der Waals surface area contributed by atoms with Crippen LogP contribution in [0.4, 0.5) is 0 Å². The molecule has 152 valence electrons. The van der Waals surface area contributed by atoms with E-state index in [-0.39, 0.29) is 35.2 Å². The van der Waals surface area contributed by atoms with Gasteiger partial charge in [-0.05, 0) is 30.5 Å². The number of carbonyl (C=O) groups is 2. The lowest BCUT2D eigenvalue weighted by Crippen LogP contribution is -2.36.